The fourth-order valence-corrected chi connectivity index (χ4v) is 5.95. The van der Waals surface area contributed by atoms with E-state index < -0.39 is 22.2 Å². The Balaban J connectivity index is 0.000000406. The summed E-state index contributed by atoms with van der Waals surface area (Å²) in [6.07, 6.45) is -1.72. The van der Waals surface area contributed by atoms with Gasteiger partial charge in [-0.2, -0.15) is 17.5 Å². The fraction of sp³-hybridized carbons (Fsp3) is 0.550. The highest BCUT2D eigenvalue weighted by atomic mass is 32.2. The number of carbonyl (C=O) groups is 1. The Labute approximate surface area is 199 Å². The van der Waals surface area contributed by atoms with Crippen molar-refractivity contribution in [2.75, 3.05) is 33.3 Å². The van der Waals surface area contributed by atoms with Crippen molar-refractivity contribution in [3.8, 4) is 5.88 Å². The Hall–Kier alpha value is -2.29. The Morgan fingerprint density at radius 1 is 1.32 bits per heavy atom. The SMILES string of the molecule is Cc1nc(CN2CC3(CCN(C)CC3)COc3ncccc3S2(=O)=O)cs1.O=C(O)C(F)(F)F. The molecule has 4 rings (SSSR count). The van der Waals surface area contributed by atoms with Crippen LogP contribution < -0.4 is 4.74 Å². The lowest BCUT2D eigenvalue weighted by molar-refractivity contribution is -0.192. The number of hydrogen-bond donors (Lipinski definition) is 1. The van der Waals surface area contributed by atoms with E-state index in [1.54, 1.807) is 22.6 Å². The number of sulfonamides is 1. The molecule has 2 aliphatic rings. The maximum absolute atomic E-state index is 13.4. The second kappa shape index (κ2) is 10.1. The van der Waals surface area contributed by atoms with Crippen LogP contribution in [-0.4, -0.2) is 78.1 Å². The minimum absolute atomic E-state index is 0.139. The number of carboxylic acids is 1. The molecule has 0 unspecified atom stereocenters. The average molecular weight is 523 g/mol. The largest absolute Gasteiger partial charge is 0.490 e. The van der Waals surface area contributed by atoms with Crippen LogP contribution >= 0.6 is 11.3 Å². The summed E-state index contributed by atoms with van der Waals surface area (Å²) in [5, 5.41) is 10.00. The summed E-state index contributed by atoms with van der Waals surface area (Å²) >= 11 is 1.54. The standard InChI is InChI=1S/C18H24N4O3S2.C2HF3O2/c1-14-20-15(11-26-14)10-22-12-18(5-8-21(2)9-6-18)13-25-17-16(27(22,23)24)4-3-7-19-17;3-2(4,5)1(6)7/h3-4,7,11H,5-6,8-10,12-13H2,1-2H3;(H,6,7). The molecule has 1 spiro atoms. The quantitative estimate of drug-likeness (QED) is 0.641. The van der Waals surface area contributed by atoms with Crippen molar-refractivity contribution in [2.24, 2.45) is 5.41 Å². The number of likely N-dealkylation sites (tertiary alicyclic amines) is 1. The molecular formula is C20H25F3N4O5S2. The highest BCUT2D eigenvalue weighted by Gasteiger charge is 2.43. The number of ether oxygens (including phenoxy) is 1. The number of aromatic nitrogens is 2. The number of piperidine rings is 1. The third-order valence-corrected chi connectivity index (χ3v) is 8.30. The topological polar surface area (TPSA) is 113 Å². The van der Waals surface area contributed by atoms with E-state index >= 15 is 0 Å². The van der Waals surface area contributed by atoms with Crippen LogP contribution in [0.2, 0.25) is 0 Å². The second-order valence-corrected chi connectivity index (χ2v) is 11.3. The molecule has 0 amide bonds. The summed E-state index contributed by atoms with van der Waals surface area (Å²) in [5.41, 5.74) is 0.580. The maximum Gasteiger partial charge on any atom is 0.490 e. The van der Waals surface area contributed by atoms with Crippen LogP contribution in [0.5, 0.6) is 5.88 Å². The predicted molar refractivity (Wildman–Crippen MR) is 117 cm³/mol. The molecule has 188 valence electrons. The van der Waals surface area contributed by atoms with Crippen molar-refractivity contribution in [1.29, 1.82) is 0 Å². The molecule has 1 saturated heterocycles. The zero-order valence-electron chi connectivity index (χ0n) is 18.6. The van der Waals surface area contributed by atoms with E-state index in [1.807, 2.05) is 12.3 Å². The van der Waals surface area contributed by atoms with Crippen LogP contribution in [0.15, 0.2) is 28.6 Å². The predicted octanol–water partition coefficient (Wildman–Crippen LogP) is 2.78. The molecule has 0 aromatic carbocycles. The van der Waals surface area contributed by atoms with E-state index in [0.717, 1.165) is 36.6 Å². The first kappa shape index (κ1) is 26.3. The molecule has 0 bridgehead atoms. The van der Waals surface area contributed by atoms with Crippen LogP contribution in [-0.2, 0) is 21.4 Å². The number of alkyl halides is 3. The normalized spacial score (nSPS) is 20.3. The van der Waals surface area contributed by atoms with E-state index in [9.17, 15) is 21.6 Å². The van der Waals surface area contributed by atoms with Gasteiger partial charge in [0.25, 0.3) is 0 Å². The Kier molecular flexibility index (Phi) is 7.85. The molecule has 0 saturated carbocycles. The van der Waals surface area contributed by atoms with Gasteiger partial charge in [0.15, 0.2) is 0 Å². The van der Waals surface area contributed by atoms with Gasteiger partial charge < -0.3 is 14.7 Å². The van der Waals surface area contributed by atoms with Crippen LogP contribution in [0.3, 0.4) is 0 Å². The molecule has 2 aliphatic heterocycles. The number of pyridine rings is 1. The number of fused-ring (bicyclic) bond motifs is 1. The molecule has 2 aromatic heterocycles. The molecule has 14 heteroatoms. The van der Waals surface area contributed by atoms with Crippen molar-refractivity contribution in [1.82, 2.24) is 19.2 Å². The van der Waals surface area contributed by atoms with Crippen molar-refractivity contribution >= 4 is 27.3 Å². The Morgan fingerprint density at radius 2 is 1.97 bits per heavy atom. The third-order valence-electron chi connectivity index (χ3n) is 5.68. The summed E-state index contributed by atoms with van der Waals surface area (Å²) in [7, 11) is -1.63. The number of rotatable bonds is 2. The highest BCUT2D eigenvalue weighted by Crippen LogP contribution is 2.38. The number of nitrogens with zero attached hydrogens (tertiary/aromatic N) is 4. The van der Waals surface area contributed by atoms with E-state index in [4.69, 9.17) is 14.6 Å². The zero-order valence-corrected chi connectivity index (χ0v) is 20.2. The highest BCUT2D eigenvalue weighted by molar-refractivity contribution is 7.89. The molecule has 0 radical (unpaired) electrons. The van der Waals surface area contributed by atoms with Gasteiger partial charge in [-0.15, -0.1) is 11.3 Å². The van der Waals surface area contributed by atoms with Gasteiger partial charge in [-0.3, -0.25) is 0 Å². The number of carboxylic acid groups (broad SMARTS) is 1. The first-order valence-corrected chi connectivity index (χ1v) is 12.6. The van der Waals surface area contributed by atoms with Gasteiger partial charge in [0.1, 0.15) is 4.90 Å². The molecular weight excluding hydrogens is 497 g/mol. The van der Waals surface area contributed by atoms with E-state index in [1.165, 1.54) is 11.3 Å². The summed E-state index contributed by atoms with van der Waals surface area (Å²) in [5.74, 6) is -2.55. The first-order chi connectivity index (χ1) is 15.8. The zero-order chi connectivity index (χ0) is 25.1. The smallest absolute Gasteiger partial charge is 0.476 e. The number of halogens is 3. The summed E-state index contributed by atoms with van der Waals surface area (Å²) in [6.45, 7) is 4.99. The number of aryl methyl sites for hydroxylation is 1. The van der Waals surface area contributed by atoms with Crippen LogP contribution in [0.25, 0.3) is 0 Å². The molecule has 2 aromatic rings. The van der Waals surface area contributed by atoms with E-state index in [-0.39, 0.29) is 22.7 Å². The van der Waals surface area contributed by atoms with Gasteiger partial charge >= 0.3 is 12.1 Å². The van der Waals surface area contributed by atoms with Gasteiger partial charge in [0.2, 0.25) is 15.9 Å². The van der Waals surface area contributed by atoms with Gasteiger partial charge in [0, 0.05) is 23.5 Å². The lowest BCUT2D eigenvalue weighted by atomic mass is 9.79. The van der Waals surface area contributed by atoms with Crippen molar-refractivity contribution in [3.63, 3.8) is 0 Å². The number of hydrogen-bond acceptors (Lipinski definition) is 8. The van der Waals surface area contributed by atoms with Crippen molar-refractivity contribution in [3.05, 3.63) is 34.4 Å². The Bertz CT molecular complexity index is 1120. The van der Waals surface area contributed by atoms with Gasteiger partial charge in [0.05, 0.1) is 23.9 Å². The average Bonchev–Trinajstić information content (AvgIpc) is 3.18. The lowest BCUT2D eigenvalue weighted by Gasteiger charge is -2.43. The molecule has 1 fully saturated rings. The summed E-state index contributed by atoms with van der Waals surface area (Å²) < 4.78 is 66.2. The number of thiazole rings is 1. The van der Waals surface area contributed by atoms with Crippen LogP contribution in [0.4, 0.5) is 13.2 Å². The maximum atomic E-state index is 13.4. The summed E-state index contributed by atoms with van der Waals surface area (Å²) in [6, 6.07) is 3.21. The van der Waals surface area contributed by atoms with Gasteiger partial charge in [-0.05, 0) is 52.0 Å². The molecule has 1 N–H and O–H groups in total. The minimum atomic E-state index is -5.08. The van der Waals surface area contributed by atoms with Gasteiger partial charge in [-0.1, -0.05) is 0 Å². The molecule has 0 atom stereocenters. The molecule has 34 heavy (non-hydrogen) atoms. The second-order valence-electron chi connectivity index (χ2n) is 8.33. The van der Waals surface area contributed by atoms with Gasteiger partial charge in [-0.25, -0.2) is 23.2 Å². The van der Waals surface area contributed by atoms with Crippen LogP contribution in [0.1, 0.15) is 23.5 Å². The molecule has 0 aliphatic carbocycles. The summed E-state index contributed by atoms with van der Waals surface area (Å²) in [4.78, 5) is 20.0. The third kappa shape index (κ3) is 6.23. The number of aliphatic carboxylic acids is 1. The fourth-order valence-electron chi connectivity index (χ4n) is 3.74. The molecule has 9 nitrogen and oxygen atoms in total. The van der Waals surface area contributed by atoms with E-state index in [2.05, 4.69) is 21.9 Å². The first-order valence-electron chi connectivity index (χ1n) is 10.3. The van der Waals surface area contributed by atoms with Crippen LogP contribution in [0, 0.1) is 12.3 Å². The lowest BCUT2D eigenvalue weighted by Crippen LogP contribution is -2.50. The Morgan fingerprint density at radius 3 is 2.53 bits per heavy atom. The minimum Gasteiger partial charge on any atom is -0.476 e. The van der Waals surface area contributed by atoms with E-state index in [0.29, 0.717) is 13.2 Å². The van der Waals surface area contributed by atoms with Crippen molar-refractivity contribution < 1.29 is 36.2 Å². The van der Waals surface area contributed by atoms with Crippen molar-refractivity contribution in [2.45, 2.75) is 37.4 Å². The molecule has 4 heterocycles. The monoisotopic (exact) mass is 522 g/mol.